The first-order valence-electron chi connectivity index (χ1n) is 6.86. The van der Waals surface area contributed by atoms with Crippen molar-refractivity contribution in [1.29, 1.82) is 0 Å². The van der Waals surface area contributed by atoms with E-state index in [0.29, 0.717) is 18.8 Å². The molecule has 18 heavy (non-hydrogen) atoms. The van der Waals surface area contributed by atoms with Crippen molar-refractivity contribution < 1.29 is 15.0 Å². The van der Waals surface area contributed by atoms with Crippen molar-refractivity contribution in [3.63, 3.8) is 0 Å². The van der Waals surface area contributed by atoms with E-state index in [4.69, 9.17) is 0 Å². The normalized spacial score (nSPS) is 40.4. The Balaban J connectivity index is 2.55. The summed E-state index contributed by atoms with van der Waals surface area (Å²) in [7, 11) is 0. The van der Waals surface area contributed by atoms with E-state index in [1.54, 1.807) is 0 Å². The molecule has 0 amide bonds. The Bertz CT molecular complexity index is 395. The molecule has 0 aliphatic heterocycles. The van der Waals surface area contributed by atoms with E-state index >= 15 is 0 Å². The second-order valence-corrected chi connectivity index (χ2v) is 6.53. The molecule has 0 aromatic heterocycles. The summed E-state index contributed by atoms with van der Waals surface area (Å²) in [5.74, 6) is 0.0704. The minimum atomic E-state index is -0.926. The summed E-state index contributed by atoms with van der Waals surface area (Å²) in [5, 5.41) is 20.4. The number of carbonyl (C=O) groups is 1. The maximum Gasteiger partial charge on any atom is 0.161 e. The summed E-state index contributed by atoms with van der Waals surface area (Å²) in [6.07, 6.45) is 0.265. The second-order valence-electron chi connectivity index (χ2n) is 6.53. The van der Waals surface area contributed by atoms with Crippen LogP contribution in [0.2, 0.25) is 0 Å². The van der Waals surface area contributed by atoms with Crippen LogP contribution >= 0.6 is 0 Å². The number of aliphatic hydroxyl groups excluding tert-OH is 2. The predicted octanol–water partition coefficient (Wildman–Crippen LogP) is 2.07. The summed E-state index contributed by atoms with van der Waals surface area (Å²) in [6.45, 7) is 8.31. The van der Waals surface area contributed by atoms with E-state index in [1.165, 1.54) is 5.57 Å². The van der Waals surface area contributed by atoms with Gasteiger partial charge in [0.15, 0.2) is 5.78 Å². The Kier molecular flexibility index (Phi) is 3.41. The molecule has 2 aliphatic carbocycles. The molecule has 2 N–H and O–H groups in total. The summed E-state index contributed by atoms with van der Waals surface area (Å²) in [6, 6.07) is 0. The molecule has 3 heteroatoms. The molecular formula is C15H24O3. The van der Waals surface area contributed by atoms with Crippen LogP contribution in [0.5, 0.6) is 0 Å². The smallest absolute Gasteiger partial charge is 0.161 e. The van der Waals surface area contributed by atoms with Gasteiger partial charge < -0.3 is 10.2 Å². The maximum atomic E-state index is 11.9. The van der Waals surface area contributed by atoms with Crippen molar-refractivity contribution in [2.75, 3.05) is 0 Å². The number of hydrogen-bond acceptors (Lipinski definition) is 3. The Morgan fingerprint density at radius 2 is 1.89 bits per heavy atom. The molecule has 2 rings (SSSR count). The molecule has 0 saturated heterocycles. The highest BCUT2D eigenvalue weighted by molar-refractivity contribution is 5.83. The van der Waals surface area contributed by atoms with E-state index in [-0.39, 0.29) is 17.1 Å². The minimum Gasteiger partial charge on any atom is -0.389 e. The number of ketones is 1. The lowest BCUT2D eigenvalue weighted by Crippen LogP contribution is -2.48. The number of hydrogen-bond donors (Lipinski definition) is 2. The largest absolute Gasteiger partial charge is 0.389 e. The zero-order valence-electron chi connectivity index (χ0n) is 11.7. The fourth-order valence-corrected chi connectivity index (χ4v) is 4.02. The van der Waals surface area contributed by atoms with Gasteiger partial charge >= 0.3 is 0 Å². The van der Waals surface area contributed by atoms with Crippen LogP contribution in [-0.2, 0) is 4.79 Å². The van der Waals surface area contributed by atoms with Gasteiger partial charge in [0.05, 0.1) is 6.10 Å². The second kappa shape index (κ2) is 4.46. The van der Waals surface area contributed by atoms with Gasteiger partial charge in [-0.15, -0.1) is 0 Å². The van der Waals surface area contributed by atoms with Crippen molar-refractivity contribution in [2.24, 2.45) is 17.3 Å². The molecule has 0 heterocycles. The summed E-state index contributed by atoms with van der Waals surface area (Å²) in [5.41, 5.74) is 2.08. The van der Waals surface area contributed by atoms with Crippen LogP contribution in [0.3, 0.4) is 0 Å². The van der Waals surface area contributed by atoms with Gasteiger partial charge in [0.2, 0.25) is 0 Å². The highest BCUT2D eigenvalue weighted by Crippen LogP contribution is 2.51. The van der Waals surface area contributed by atoms with Crippen molar-refractivity contribution in [3.8, 4) is 0 Å². The van der Waals surface area contributed by atoms with Gasteiger partial charge in [-0.25, -0.2) is 0 Å². The molecule has 102 valence electrons. The van der Waals surface area contributed by atoms with Gasteiger partial charge in [-0.3, -0.25) is 4.79 Å². The van der Waals surface area contributed by atoms with E-state index in [2.05, 4.69) is 20.8 Å². The molecule has 1 saturated carbocycles. The average molecular weight is 252 g/mol. The van der Waals surface area contributed by atoms with Gasteiger partial charge in [0.1, 0.15) is 6.10 Å². The fourth-order valence-electron chi connectivity index (χ4n) is 4.02. The molecule has 2 bridgehead atoms. The van der Waals surface area contributed by atoms with Crippen LogP contribution in [0.4, 0.5) is 0 Å². The van der Waals surface area contributed by atoms with Crippen LogP contribution in [0.15, 0.2) is 11.1 Å². The minimum absolute atomic E-state index is 0.0641. The Labute approximate surface area is 109 Å². The lowest BCUT2D eigenvalue weighted by Gasteiger charge is -2.48. The van der Waals surface area contributed by atoms with Crippen LogP contribution < -0.4 is 0 Å². The van der Waals surface area contributed by atoms with Crippen molar-refractivity contribution in [1.82, 2.24) is 0 Å². The van der Waals surface area contributed by atoms with Crippen LogP contribution in [0, 0.1) is 17.3 Å². The molecule has 1 unspecified atom stereocenters. The summed E-state index contributed by atoms with van der Waals surface area (Å²) in [4.78, 5) is 11.9. The zero-order chi connectivity index (χ0) is 13.7. The van der Waals surface area contributed by atoms with Crippen LogP contribution in [0.25, 0.3) is 0 Å². The number of rotatable bonds is 0. The van der Waals surface area contributed by atoms with E-state index < -0.39 is 12.2 Å². The number of carbonyl (C=O) groups excluding carboxylic acids is 1. The molecule has 0 spiro atoms. The third-order valence-corrected chi connectivity index (χ3v) is 5.05. The van der Waals surface area contributed by atoms with Gasteiger partial charge in [-0.05, 0) is 36.7 Å². The number of allylic oxidation sites excluding steroid dienone is 1. The van der Waals surface area contributed by atoms with Crippen LogP contribution in [0.1, 0.15) is 47.0 Å². The quantitative estimate of drug-likeness (QED) is 0.649. The summed E-state index contributed by atoms with van der Waals surface area (Å²) < 4.78 is 0. The molecule has 2 aliphatic rings. The third-order valence-electron chi connectivity index (χ3n) is 5.05. The predicted molar refractivity (Wildman–Crippen MR) is 70.0 cm³/mol. The van der Waals surface area contributed by atoms with Gasteiger partial charge in [-0.1, -0.05) is 26.3 Å². The van der Waals surface area contributed by atoms with Gasteiger partial charge in [0, 0.05) is 12.3 Å². The number of fused-ring (bicyclic) bond motifs is 2. The Hall–Kier alpha value is -0.670. The molecule has 0 radical (unpaired) electrons. The fraction of sp³-hybridized carbons (Fsp3) is 0.800. The monoisotopic (exact) mass is 252 g/mol. The SMILES string of the molecule is CC1=C2[C@H](C)CCC(=O)[C@H](O)C(C[C@@H]1O)C2(C)C. The van der Waals surface area contributed by atoms with Crippen molar-refractivity contribution in [2.45, 2.75) is 59.2 Å². The lowest BCUT2D eigenvalue weighted by atomic mass is 9.58. The lowest BCUT2D eigenvalue weighted by molar-refractivity contribution is -0.134. The Morgan fingerprint density at radius 3 is 2.50 bits per heavy atom. The van der Waals surface area contributed by atoms with Crippen molar-refractivity contribution >= 4 is 5.78 Å². The first-order chi connectivity index (χ1) is 8.26. The number of Topliss-reactive ketones (excluding diaryl/α,β-unsaturated/α-hetero) is 1. The Morgan fingerprint density at radius 1 is 1.28 bits per heavy atom. The molecule has 4 atom stereocenters. The highest BCUT2D eigenvalue weighted by atomic mass is 16.3. The number of aliphatic hydroxyl groups is 2. The van der Waals surface area contributed by atoms with E-state index in [0.717, 1.165) is 12.0 Å². The molecular weight excluding hydrogens is 228 g/mol. The van der Waals surface area contributed by atoms with Gasteiger partial charge in [0.25, 0.3) is 0 Å². The van der Waals surface area contributed by atoms with Crippen molar-refractivity contribution in [3.05, 3.63) is 11.1 Å². The average Bonchev–Trinajstić information content (AvgIpc) is 2.28. The first kappa shape index (κ1) is 13.8. The first-order valence-corrected chi connectivity index (χ1v) is 6.86. The van der Waals surface area contributed by atoms with E-state index in [9.17, 15) is 15.0 Å². The van der Waals surface area contributed by atoms with Gasteiger partial charge in [-0.2, -0.15) is 0 Å². The maximum absolute atomic E-state index is 11.9. The molecule has 3 nitrogen and oxygen atoms in total. The highest BCUT2D eigenvalue weighted by Gasteiger charge is 2.48. The van der Waals surface area contributed by atoms with Crippen LogP contribution in [-0.4, -0.2) is 28.2 Å². The summed E-state index contributed by atoms with van der Waals surface area (Å²) >= 11 is 0. The zero-order valence-corrected chi connectivity index (χ0v) is 11.7. The molecule has 1 fully saturated rings. The topological polar surface area (TPSA) is 57.5 Å². The standard InChI is InChI=1S/C15H24O3/c1-8-5-6-11(16)14(18)10-7-12(17)9(2)13(8)15(10,3)4/h8,10,12,14,17-18H,5-7H2,1-4H3/t8-,10?,12+,14-/m1/s1. The molecule has 0 aromatic carbocycles. The third kappa shape index (κ3) is 1.94. The molecule has 0 aromatic rings. The van der Waals surface area contributed by atoms with E-state index in [1.807, 2.05) is 6.92 Å².